The minimum Gasteiger partial charge on any atom is -0.461 e. The Labute approximate surface area is 142 Å². The van der Waals surface area contributed by atoms with Gasteiger partial charge in [0.15, 0.2) is 0 Å². The fraction of sp³-hybridized carbons (Fsp3) is 0.556. The standard InChI is InChI=1S/C18H25NO5/c1-18(2,3)24-17(22)19-10-14(15(20)11-19)9-16(21)23-12-13-7-5-4-6-8-13/h4-8,14-15,20H,9-12H2,1-3H3/t14-,15-/m0/s1. The number of likely N-dealkylation sites (tertiary alicyclic amines) is 1. The quantitative estimate of drug-likeness (QED) is 0.855. The number of nitrogens with zero attached hydrogens (tertiary/aromatic N) is 1. The minimum absolute atomic E-state index is 0.0767. The van der Waals surface area contributed by atoms with E-state index in [-0.39, 0.29) is 38.0 Å². The summed E-state index contributed by atoms with van der Waals surface area (Å²) in [5.74, 6) is -0.713. The van der Waals surface area contributed by atoms with Crippen LogP contribution in [-0.4, -0.2) is 46.9 Å². The van der Waals surface area contributed by atoms with Gasteiger partial charge in [0.05, 0.1) is 19.1 Å². The van der Waals surface area contributed by atoms with Gasteiger partial charge >= 0.3 is 12.1 Å². The smallest absolute Gasteiger partial charge is 0.410 e. The average molecular weight is 335 g/mol. The molecule has 6 heteroatoms. The third kappa shape index (κ3) is 5.53. The molecule has 1 aromatic rings. The molecule has 0 bridgehead atoms. The van der Waals surface area contributed by atoms with Crippen LogP contribution in [0.15, 0.2) is 30.3 Å². The lowest BCUT2D eigenvalue weighted by atomic mass is 10.0. The molecule has 132 valence electrons. The molecular formula is C18H25NO5. The van der Waals surface area contributed by atoms with Gasteiger partial charge in [-0.3, -0.25) is 4.79 Å². The van der Waals surface area contributed by atoms with Gasteiger partial charge in [-0.25, -0.2) is 4.79 Å². The maximum absolute atomic E-state index is 12.0. The van der Waals surface area contributed by atoms with Gasteiger partial charge in [-0.1, -0.05) is 30.3 Å². The van der Waals surface area contributed by atoms with Crippen molar-refractivity contribution in [2.24, 2.45) is 5.92 Å². The summed E-state index contributed by atoms with van der Waals surface area (Å²) in [5, 5.41) is 10.1. The van der Waals surface area contributed by atoms with Crippen molar-refractivity contribution in [2.45, 2.75) is 45.5 Å². The second-order valence-electron chi connectivity index (χ2n) is 7.06. The van der Waals surface area contributed by atoms with Crippen LogP contribution in [0, 0.1) is 5.92 Å². The predicted octanol–water partition coefficient (Wildman–Crippen LogP) is 2.35. The van der Waals surface area contributed by atoms with Crippen LogP contribution < -0.4 is 0 Å². The summed E-state index contributed by atoms with van der Waals surface area (Å²) in [6.07, 6.45) is -1.14. The maximum Gasteiger partial charge on any atom is 0.410 e. The van der Waals surface area contributed by atoms with E-state index < -0.39 is 17.8 Å². The highest BCUT2D eigenvalue weighted by atomic mass is 16.6. The van der Waals surface area contributed by atoms with Crippen molar-refractivity contribution in [1.29, 1.82) is 0 Å². The van der Waals surface area contributed by atoms with Gasteiger partial charge in [-0.05, 0) is 26.3 Å². The zero-order valence-corrected chi connectivity index (χ0v) is 14.4. The molecule has 0 saturated carbocycles. The van der Waals surface area contributed by atoms with Crippen molar-refractivity contribution in [3.8, 4) is 0 Å². The van der Waals surface area contributed by atoms with E-state index in [2.05, 4.69) is 0 Å². The highest BCUT2D eigenvalue weighted by molar-refractivity contribution is 5.71. The molecule has 1 fully saturated rings. The van der Waals surface area contributed by atoms with Crippen LogP contribution in [0.3, 0.4) is 0 Å². The molecule has 24 heavy (non-hydrogen) atoms. The number of amides is 1. The van der Waals surface area contributed by atoms with Crippen LogP contribution in [0.4, 0.5) is 4.79 Å². The van der Waals surface area contributed by atoms with Crippen molar-refractivity contribution in [2.75, 3.05) is 13.1 Å². The highest BCUT2D eigenvalue weighted by Crippen LogP contribution is 2.23. The van der Waals surface area contributed by atoms with Crippen molar-refractivity contribution in [3.63, 3.8) is 0 Å². The van der Waals surface area contributed by atoms with Crippen LogP contribution in [0.25, 0.3) is 0 Å². The number of carbonyl (C=O) groups excluding carboxylic acids is 2. The van der Waals surface area contributed by atoms with E-state index in [9.17, 15) is 14.7 Å². The van der Waals surface area contributed by atoms with Crippen molar-refractivity contribution in [1.82, 2.24) is 4.90 Å². The second-order valence-corrected chi connectivity index (χ2v) is 7.06. The Morgan fingerprint density at radius 1 is 1.21 bits per heavy atom. The molecule has 1 aliphatic rings. The summed E-state index contributed by atoms with van der Waals surface area (Å²) in [7, 11) is 0. The van der Waals surface area contributed by atoms with E-state index in [0.717, 1.165) is 5.56 Å². The van der Waals surface area contributed by atoms with Gasteiger partial charge in [0.2, 0.25) is 0 Å². The van der Waals surface area contributed by atoms with Crippen molar-refractivity contribution < 1.29 is 24.2 Å². The Morgan fingerprint density at radius 3 is 2.50 bits per heavy atom. The molecular weight excluding hydrogens is 310 g/mol. The van der Waals surface area contributed by atoms with E-state index >= 15 is 0 Å². The molecule has 0 aliphatic carbocycles. The number of benzene rings is 1. The number of hydrogen-bond donors (Lipinski definition) is 1. The predicted molar refractivity (Wildman–Crippen MR) is 88.2 cm³/mol. The summed E-state index contributed by atoms with van der Waals surface area (Å²) in [4.78, 5) is 25.4. The number of hydrogen-bond acceptors (Lipinski definition) is 5. The zero-order chi connectivity index (χ0) is 17.7. The lowest BCUT2D eigenvalue weighted by Gasteiger charge is -2.24. The third-order valence-corrected chi connectivity index (χ3v) is 3.73. The Kier molecular flexibility index (Phi) is 5.83. The molecule has 2 atom stereocenters. The molecule has 1 aromatic carbocycles. The van der Waals surface area contributed by atoms with Crippen LogP contribution in [0.2, 0.25) is 0 Å². The van der Waals surface area contributed by atoms with Gasteiger partial charge in [-0.2, -0.15) is 0 Å². The van der Waals surface area contributed by atoms with Crippen molar-refractivity contribution in [3.05, 3.63) is 35.9 Å². The molecule has 6 nitrogen and oxygen atoms in total. The van der Waals surface area contributed by atoms with Crippen LogP contribution in [0.1, 0.15) is 32.8 Å². The zero-order valence-electron chi connectivity index (χ0n) is 14.4. The number of aliphatic hydroxyl groups is 1. The van der Waals surface area contributed by atoms with Gasteiger partial charge in [0, 0.05) is 12.5 Å². The Bertz CT molecular complexity index is 567. The number of aliphatic hydroxyl groups excluding tert-OH is 1. The molecule has 1 heterocycles. The first-order chi connectivity index (χ1) is 11.2. The lowest BCUT2D eigenvalue weighted by Crippen LogP contribution is -2.35. The molecule has 1 amide bonds. The molecule has 0 radical (unpaired) electrons. The summed E-state index contributed by atoms with van der Waals surface area (Å²) < 4.78 is 10.5. The molecule has 0 unspecified atom stereocenters. The first kappa shape index (κ1) is 18.3. The largest absolute Gasteiger partial charge is 0.461 e. The minimum atomic E-state index is -0.748. The summed E-state index contributed by atoms with van der Waals surface area (Å²) in [6, 6.07) is 9.40. The highest BCUT2D eigenvalue weighted by Gasteiger charge is 2.37. The van der Waals surface area contributed by atoms with Crippen LogP contribution in [-0.2, 0) is 20.9 Å². The normalized spacial score (nSPS) is 20.8. The van der Waals surface area contributed by atoms with Gasteiger partial charge in [0.1, 0.15) is 12.2 Å². The van der Waals surface area contributed by atoms with Gasteiger partial charge in [0.25, 0.3) is 0 Å². The SMILES string of the molecule is CC(C)(C)OC(=O)N1C[C@H](CC(=O)OCc2ccccc2)[C@@H](O)C1. The molecule has 2 rings (SSSR count). The summed E-state index contributed by atoms with van der Waals surface area (Å²) >= 11 is 0. The third-order valence-electron chi connectivity index (χ3n) is 3.73. The second kappa shape index (κ2) is 7.66. The first-order valence-electron chi connectivity index (χ1n) is 8.10. The first-order valence-corrected chi connectivity index (χ1v) is 8.10. The van der Waals surface area contributed by atoms with E-state index in [1.165, 1.54) is 4.90 Å². The van der Waals surface area contributed by atoms with E-state index in [4.69, 9.17) is 9.47 Å². The monoisotopic (exact) mass is 335 g/mol. The number of rotatable bonds is 4. The molecule has 0 spiro atoms. The summed E-state index contributed by atoms with van der Waals surface area (Å²) in [6.45, 7) is 6.03. The number of carbonyl (C=O) groups is 2. The Balaban J connectivity index is 1.80. The fourth-order valence-electron chi connectivity index (χ4n) is 2.54. The molecule has 1 saturated heterocycles. The van der Waals surface area contributed by atoms with E-state index in [1.807, 2.05) is 30.3 Å². The molecule has 1 aliphatic heterocycles. The van der Waals surface area contributed by atoms with Gasteiger partial charge in [-0.15, -0.1) is 0 Å². The van der Waals surface area contributed by atoms with Crippen molar-refractivity contribution >= 4 is 12.1 Å². The van der Waals surface area contributed by atoms with E-state index in [0.29, 0.717) is 0 Å². The fourth-order valence-corrected chi connectivity index (χ4v) is 2.54. The van der Waals surface area contributed by atoms with Gasteiger partial charge < -0.3 is 19.5 Å². The topological polar surface area (TPSA) is 76.1 Å². The number of esters is 1. The number of ether oxygens (including phenoxy) is 2. The number of β-amino-alcohol motifs (C(OH)–C–C–N with tert-alkyl or cyclic N) is 1. The molecule has 0 aromatic heterocycles. The van der Waals surface area contributed by atoms with Crippen LogP contribution >= 0.6 is 0 Å². The lowest BCUT2D eigenvalue weighted by molar-refractivity contribution is -0.146. The average Bonchev–Trinajstić information content (AvgIpc) is 2.86. The van der Waals surface area contributed by atoms with E-state index in [1.54, 1.807) is 20.8 Å². The Morgan fingerprint density at radius 2 is 1.88 bits per heavy atom. The Hall–Kier alpha value is -2.08. The van der Waals surface area contributed by atoms with Crippen LogP contribution in [0.5, 0.6) is 0 Å². The molecule has 1 N–H and O–H groups in total. The maximum atomic E-state index is 12.0. The summed E-state index contributed by atoms with van der Waals surface area (Å²) in [5.41, 5.74) is 0.322.